The van der Waals surface area contributed by atoms with Crippen molar-refractivity contribution in [3.8, 4) is 0 Å². The van der Waals surface area contributed by atoms with Gasteiger partial charge in [0.2, 0.25) is 0 Å². The first kappa shape index (κ1) is 9.69. The lowest BCUT2D eigenvalue weighted by Crippen LogP contribution is -1.98. The van der Waals surface area contributed by atoms with E-state index in [1.807, 2.05) is 6.08 Å². The molecule has 0 spiro atoms. The molecule has 0 aromatic heterocycles. The summed E-state index contributed by atoms with van der Waals surface area (Å²) >= 11 is 2.98. The van der Waals surface area contributed by atoms with Crippen molar-refractivity contribution in [3.05, 3.63) is 12.3 Å². The number of hydrogen-bond donors (Lipinski definition) is 0. The third-order valence-corrected chi connectivity index (χ3v) is 1.32. The van der Waals surface area contributed by atoms with Crippen LogP contribution in [0.3, 0.4) is 0 Å². The second kappa shape index (κ2) is 6.81. The van der Waals surface area contributed by atoms with E-state index in [1.54, 1.807) is 0 Å². The van der Waals surface area contributed by atoms with E-state index in [-0.39, 0.29) is 11.3 Å². The summed E-state index contributed by atoms with van der Waals surface area (Å²) in [6.07, 6.45) is 5.30. The highest BCUT2D eigenvalue weighted by Crippen LogP contribution is 1.91. The number of halogens is 1. The van der Waals surface area contributed by atoms with E-state index in [0.717, 1.165) is 12.8 Å². The Balaban J connectivity index is 3.25. The monoisotopic (exact) mass is 206 g/mol. The van der Waals surface area contributed by atoms with Crippen molar-refractivity contribution in [2.45, 2.75) is 19.8 Å². The summed E-state index contributed by atoms with van der Waals surface area (Å²) < 4.78 is 4.63. The molecule has 0 unspecified atom stereocenters. The Morgan fingerprint density at radius 3 is 2.90 bits per heavy atom. The minimum Gasteiger partial charge on any atom is -0.434 e. The predicted molar refractivity (Wildman–Crippen MR) is 43.9 cm³/mol. The molecule has 0 bridgehead atoms. The quantitative estimate of drug-likeness (QED) is 0.401. The van der Waals surface area contributed by atoms with Crippen LogP contribution in [0.5, 0.6) is 0 Å². The van der Waals surface area contributed by atoms with Crippen LogP contribution in [0.2, 0.25) is 0 Å². The molecule has 58 valence electrons. The third-order valence-electron chi connectivity index (χ3n) is 0.860. The standard InChI is InChI=1S/C7H11BrO2/c1-2-3-4-5-10-7(9)6-8/h4-5H,2-3,6H2,1H3. The molecule has 0 aliphatic carbocycles. The van der Waals surface area contributed by atoms with Crippen molar-refractivity contribution in [2.75, 3.05) is 5.33 Å². The average Bonchev–Trinajstić information content (AvgIpc) is 1.98. The Morgan fingerprint density at radius 2 is 2.40 bits per heavy atom. The lowest BCUT2D eigenvalue weighted by molar-refractivity contribution is -0.134. The van der Waals surface area contributed by atoms with E-state index in [9.17, 15) is 4.79 Å². The van der Waals surface area contributed by atoms with E-state index in [0.29, 0.717) is 0 Å². The lowest BCUT2D eigenvalue weighted by Gasteiger charge is -1.91. The number of ether oxygens (including phenoxy) is 1. The first-order chi connectivity index (χ1) is 4.81. The summed E-state index contributed by atoms with van der Waals surface area (Å²) in [6.45, 7) is 2.07. The topological polar surface area (TPSA) is 26.3 Å². The van der Waals surface area contributed by atoms with Crippen LogP contribution < -0.4 is 0 Å². The van der Waals surface area contributed by atoms with Crippen molar-refractivity contribution >= 4 is 21.9 Å². The van der Waals surface area contributed by atoms with Crippen molar-refractivity contribution in [1.29, 1.82) is 0 Å². The molecule has 0 aromatic rings. The largest absolute Gasteiger partial charge is 0.434 e. The van der Waals surface area contributed by atoms with Crippen LogP contribution in [-0.2, 0) is 9.53 Å². The summed E-state index contributed by atoms with van der Waals surface area (Å²) in [4.78, 5) is 10.5. The maximum Gasteiger partial charge on any atom is 0.321 e. The Labute approximate surface area is 69.4 Å². The van der Waals surface area contributed by atoms with E-state index >= 15 is 0 Å². The summed E-state index contributed by atoms with van der Waals surface area (Å²) in [7, 11) is 0. The molecule has 0 atom stereocenters. The predicted octanol–water partition coefficient (Wildman–Crippen LogP) is 2.24. The number of allylic oxidation sites excluding steroid dienone is 1. The molecule has 10 heavy (non-hydrogen) atoms. The van der Waals surface area contributed by atoms with Crippen molar-refractivity contribution in [3.63, 3.8) is 0 Å². The molecule has 0 saturated heterocycles. The molecule has 0 rings (SSSR count). The molecule has 0 saturated carbocycles. The number of carbonyl (C=O) groups excluding carboxylic acids is 1. The number of unbranched alkanes of at least 4 members (excludes halogenated alkanes) is 1. The molecule has 0 aromatic carbocycles. The molecule has 0 aliphatic heterocycles. The summed E-state index contributed by atoms with van der Waals surface area (Å²) in [6, 6.07) is 0. The SMILES string of the molecule is CCCC=COC(=O)CBr. The van der Waals surface area contributed by atoms with Crippen molar-refractivity contribution < 1.29 is 9.53 Å². The maximum atomic E-state index is 10.5. The molecule has 0 fully saturated rings. The number of hydrogen-bond acceptors (Lipinski definition) is 2. The second-order valence-corrected chi connectivity index (χ2v) is 2.34. The van der Waals surface area contributed by atoms with Crippen LogP contribution in [0.25, 0.3) is 0 Å². The molecule has 0 heterocycles. The van der Waals surface area contributed by atoms with Gasteiger partial charge in [0.25, 0.3) is 0 Å². The highest BCUT2D eigenvalue weighted by atomic mass is 79.9. The van der Waals surface area contributed by atoms with Crippen LogP contribution in [0.4, 0.5) is 0 Å². The highest BCUT2D eigenvalue weighted by molar-refractivity contribution is 9.09. The van der Waals surface area contributed by atoms with Gasteiger partial charge in [-0.05, 0) is 12.5 Å². The van der Waals surface area contributed by atoms with Crippen LogP contribution >= 0.6 is 15.9 Å². The Bertz CT molecular complexity index is 121. The number of rotatable bonds is 4. The van der Waals surface area contributed by atoms with Crippen LogP contribution in [0, 0.1) is 0 Å². The van der Waals surface area contributed by atoms with Gasteiger partial charge in [-0.3, -0.25) is 4.79 Å². The molecule has 0 radical (unpaired) electrons. The van der Waals surface area contributed by atoms with Gasteiger partial charge in [0.15, 0.2) is 0 Å². The molecular formula is C7H11BrO2. The third kappa shape index (κ3) is 5.82. The molecule has 0 aliphatic rings. The average molecular weight is 207 g/mol. The van der Waals surface area contributed by atoms with Gasteiger partial charge in [0.05, 0.1) is 6.26 Å². The van der Waals surface area contributed by atoms with Gasteiger partial charge in [0, 0.05) is 0 Å². The van der Waals surface area contributed by atoms with Crippen molar-refractivity contribution in [2.24, 2.45) is 0 Å². The van der Waals surface area contributed by atoms with Crippen LogP contribution in [0.1, 0.15) is 19.8 Å². The fourth-order valence-electron chi connectivity index (χ4n) is 0.390. The zero-order valence-corrected chi connectivity index (χ0v) is 7.56. The van der Waals surface area contributed by atoms with E-state index < -0.39 is 0 Å². The van der Waals surface area contributed by atoms with Gasteiger partial charge in [0.1, 0.15) is 5.33 Å². The van der Waals surface area contributed by atoms with Crippen molar-refractivity contribution in [1.82, 2.24) is 0 Å². The minimum absolute atomic E-state index is 0.253. The molecule has 0 amide bonds. The Morgan fingerprint density at radius 1 is 1.70 bits per heavy atom. The summed E-state index contributed by atoms with van der Waals surface area (Å²) in [5.74, 6) is -0.257. The van der Waals surface area contributed by atoms with Gasteiger partial charge in [-0.1, -0.05) is 29.3 Å². The zero-order valence-electron chi connectivity index (χ0n) is 5.97. The van der Waals surface area contributed by atoms with E-state index in [4.69, 9.17) is 0 Å². The first-order valence-electron chi connectivity index (χ1n) is 3.21. The molecule has 3 heteroatoms. The van der Waals surface area contributed by atoms with Crippen LogP contribution in [-0.4, -0.2) is 11.3 Å². The van der Waals surface area contributed by atoms with Gasteiger partial charge in [-0.2, -0.15) is 0 Å². The summed E-state index contributed by atoms with van der Waals surface area (Å²) in [5.41, 5.74) is 0. The van der Waals surface area contributed by atoms with Gasteiger partial charge >= 0.3 is 5.97 Å². The molecule has 2 nitrogen and oxygen atoms in total. The van der Waals surface area contributed by atoms with Gasteiger partial charge in [-0.15, -0.1) is 0 Å². The second-order valence-electron chi connectivity index (χ2n) is 1.78. The number of esters is 1. The number of carbonyl (C=O) groups is 1. The maximum absolute atomic E-state index is 10.5. The Kier molecular flexibility index (Phi) is 6.59. The normalized spacial score (nSPS) is 10.2. The van der Waals surface area contributed by atoms with Crippen LogP contribution in [0.15, 0.2) is 12.3 Å². The summed E-state index contributed by atoms with van der Waals surface area (Å²) in [5, 5.41) is 0.253. The van der Waals surface area contributed by atoms with E-state index in [2.05, 4.69) is 27.6 Å². The highest BCUT2D eigenvalue weighted by Gasteiger charge is 1.92. The fourth-order valence-corrected chi connectivity index (χ4v) is 0.522. The first-order valence-corrected chi connectivity index (χ1v) is 4.33. The zero-order chi connectivity index (χ0) is 7.82. The number of alkyl halides is 1. The van der Waals surface area contributed by atoms with Gasteiger partial charge in [-0.25, -0.2) is 0 Å². The Hall–Kier alpha value is -0.310. The molecule has 0 N–H and O–H groups in total. The minimum atomic E-state index is -0.257. The molecular weight excluding hydrogens is 196 g/mol. The van der Waals surface area contributed by atoms with Gasteiger partial charge < -0.3 is 4.74 Å². The smallest absolute Gasteiger partial charge is 0.321 e. The lowest BCUT2D eigenvalue weighted by atomic mass is 10.3. The van der Waals surface area contributed by atoms with E-state index in [1.165, 1.54) is 6.26 Å². The fraction of sp³-hybridized carbons (Fsp3) is 0.571.